The van der Waals surface area contributed by atoms with Gasteiger partial charge in [-0.05, 0) is 25.7 Å². The van der Waals surface area contributed by atoms with Gasteiger partial charge < -0.3 is 9.84 Å². The van der Waals surface area contributed by atoms with Gasteiger partial charge in [0.1, 0.15) is 0 Å². The summed E-state index contributed by atoms with van der Waals surface area (Å²) in [6.07, 6.45) is 4.77. The van der Waals surface area contributed by atoms with Crippen molar-refractivity contribution in [2.45, 2.75) is 31.8 Å². The molecule has 1 N–H and O–H groups in total. The highest BCUT2D eigenvalue weighted by atomic mass is 16.5. The van der Waals surface area contributed by atoms with E-state index >= 15 is 0 Å². The van der Waals surface area contributed by atoms with Crippen LogP contribution in [0.5, 0.6) is 0 Å². The van der Waals surface area contributed by atoms with Gasteiger partial charge in [-0.1, -0.05) is 6.58 Å². The second-order valence-corrected chi connectivity index (χ2v) is 3.13. The molecule has 0 bridgehead atoms. The molecule has 12 heavy (non-hydrogen) atoms. The van der Waals surface area contributed by atoms with Crippen LogP contribution >= 0.6 is 0 Å². The van der Waals surface area contributed by atoms with Crippen molar-refractivity contribution in [3.8, 4) is 0 Å². The molecular formula is C9H14O3. The van der Waals surface area contributed by atoms with Gasteiger partial charge in [0.15, 0.2) is 0 Å². The SMILES string of the molecule is C=CO[C@H]1CCC[C@H](C(=O)O)C1. The Morgan fingerprint density at radius 2 is 2.33 bits per heavy atom. The molecule has 0 amide bonds. The molecule has 68 valence electrons. The van der Waals surface area contributed by atoms with Crippen molar-refractivity contribution in [1.82, 2.24) is 0 Å². The van der Waals surface area contributed by atoms with Gasteiger partial charge in [0.2, 0.25) is 0 Å². The van der Waals surface area contributed by atoms with Gasteiger partial charge in [-0.2, -0.15) is 0 Å². The van der Waals surface area contributed by atoms with Crippen LogP contribution in [-0.2, 0) is 9.53 Å². The molecule has 2 atom stereocenters. The van der Waals surface area contributed by atoms with E-state index in [2.05, 4.69) is 6.58 Å². The van der Waals surface area contributed by atoms with Crippen molar-refractivity contribution in [3.63, 3.8) is 0 Å². The molecule has 1 saturated carbocycles. The van der Waals surface area contributed by atoms with Gasteiger partial charge in [0.25, 0.3) is 0 Å². The van der Waals surface area contributed by atoms with Gasteiger partial charge >= 0.3 is 5.97 Å². The smallest absolute Gasteiger partial charge is 0.306 e. The molecule has 0 radical (unpaired) electrons. The highest BCUT2D eigenvalue weighted by Crippen LogP contribution is 2.26. The molecule has 1 fully saturated rings. The van der Waals surface area contributed by atoms with E-state index < -0.39 is 5.97 Å². The van der Waals surface area contributed by atoms with Gasteiger partial charge in [-0.25, -0.2) is 0 Å². The number of hydrogen-bond donors (Lipinski definition) is 1. The van der Waals surface area contributed by atoms with E-state index in [9.17, 15) is 4.79 Å². The molecule has 1 aliphatic rings. The fourth-order valence-corrected chi connectivity index (χ4v) is 1.63. The minimum Gasteiger partial charge on any atom is -0.499 e. The Morgan fingerprint density at radius 1 is 1.58 bits per heavy atom. The summed E-state index contributed by atoms with van der Waals surface area (Å²) in [5.74, 6) is -0.920. The van der Waals surface area contributed by atoms with Crippen LogP contribution in [0.15, 0.2) is 12.8 Å². The predicted molar refractivity (Wildman–Crippen MR) is 44.7 cm³/mol. The van der Waals surface area contributed by atoms with E-state index in [1.807, 2.05) is 0 Å². The standard InChI is InChI=1S/C9H14O3/c1-2-12-8-5-3-4-7(6-8)9(10)11/h2,7-8H,1,3-6H2,(H,10,11)/t7-,8-/m0/s1. The first-order chi connectivity index (χ1) is 5.74. The highest BCUT2D eigenvalue weighted by Gasteiger charge is 2.27. The quantitative estimate of drug-likeness (QED) is 0.657. The number of aliphatic carboxylic acids is 1. The first kappa shape index (κ1) is 9.10. The average molecular weight is 170 g/mol. The van der Waals surface area contributed by atoms with Crippen LogP contribution in [0, 0.1) is 5.92 Å². The number of hydrogen-bond acceptors (Lipinski definition) is 2. The van der Waals surface area contributed by atoms with E-state index in [0.29, 0.717) is 6.42 Å². The minimum atomic E-state index is -0.702. The maximum absolute atomic E-state index is 10.6. The Kier molecular flexibility index (Phi) is 3.14. The van der Waals surface area contributed by atoms with Crippen molar-refractivity contribution in [1.29, 1.82) is 0 Å². The van der Waals surface area contributed by atoms with Crippen LogP contribution in [0.4, 0.5) is 0 Å². The fraction of sp³-hybridized carbons (Fsp3) is 0.667. The lowest BCUT2D eigenvalue weighted by atomic mass is 9.87. The van der Waals surface area contributed by atoms with Gasteiger partial charge in [-0.3, -0.25) is 4.79 Å². The molecule has 1 rings (SSSR count). The monoisotopic (exact) mass is 170 g/mol. The number of carboxylic acid groups (broad SMARTS) is 1. The Balaban J connectivity index is 2.39. The summed E-state index contributed by atoms with van der Waals surface area (Å²) in [6.45, 7) is 3.46. The highest BCUT2D eigenvalue weighted by molar-refractivity contribution is 5.70. The normalized spacial score (nSPS) is 29.3. The molecular weight excluding hydrogens is 156 g/mol. The minimum absolute atomic E-state index is 0.0670. The largest absolute Gasteiger partial charge is 0.499 e. The van der Waals surface area contributed by atoms with Crippen molar-refractivity contribution in [3.05, 3.63) is 12.8 Å². The zero-order valence-corrected chi connectivity index (χ0v) is 7.03. The summed E-state index contributed by atoms with van der Waals surface area (Å²) in [4.78, 5) is 10.6. The molecule has 1 aliphatic carbocycles. The fourth-order valence-electron chi connectivity index (χ4n) is 1.63. The van der Waals surface area contributed by atoms with Crippen molar-refractivity contribution in [2.75, 3.05) is 0 Å². The molecule has 0 aromatic rings. The summed E-state index contributed by atoms with van der Waals surface area (Å²) in [5, 5.41) is 8.74. The third-order valence-electron chi connectivity index (χ3n) is 2.26. The molecule has 3 nitrogen and oxygen atoms in total. The lowest BCUT2D eigenvalue weighted by Crippen LogP contribution is -2.26. The Labute approximate surface area is 72.0 Å². The maximum Gasteiger partial charge on any atom is 0.306 e. The van der Waals surface area contributed by atoms with Crippen molar-refractivity contribution < 1.29 is 14.6 Å². The van der Waals surface area contributed by atoms with Gasteiger partial charge in [0.05, 0.1) is 18.3 Å². The zero-order valence-electron chi connectivity index (χ0n) is 7.03. The van der Waals surface area contributed by atoms with Crippen LogP contribution in [-0.4, -0.2) is 17.2 Å². The molecule has 0 aromatic heterocycles. The maximum atomic E-state index is 10.6. The summed E-state index contributed by atoms with van der Waals surface area (Å²) in [7, 11) is 0. The number of ether oxygens (including phenoxy) is 1. The van der Waals surface area contributed by atoms with Gasteiger partial charge in [-0.15, -0.1) is 0 Å². The van der Waals surface area contributed by atoms with Crippen molar-refractivity contribution >= 4 is 5.97 Å². The average Bonchev–Trinajstić information content (AvgIpc) is 2.05. The lowest BCUT2D eigenvalue weighted by molar-refractivity contribution is -0.144. The van der Waals surface area contributed by atoms with E-state index in [4.69, 9.17) is 9.84 Å². The molecule has 3 heteroatoms. The first-order valence-electron chi connectivity index (χ1n) is 4.23. The number of carboxylic acids is 1. The number of rotatable bonds is 3. The topological polar surface area (TPSA) is 46.5 Å². The van der Waals surface area contributed by atoms with Gasteiger partial charge in [0, 0.05) is 0 Å². The van der Waals surface area contributed by atoms with E-state index in [1.165, 1.54) is 6.26 Å². The van der Waals surface area contributed by atoms with Crippen LogP contribution in [0.1, 0.15) is 25.7 Å². The molecule has 0 spiro atoms. The Morgan fingerprint density at radius 3 is 2.92 bits per heavy atom. The molecule has 0 heterocycles. The van der Waals surface area contributed by atoms with Crippen LogP contribution < -0.4 is 0 Å². The van der Waals surface area contributed by atoms with E-state index in [-0.39, 0.29) is 12.0 Å². The van der Waals surface area contributed by atoms with Crippen LogP contribution in [0.25, 0.3) is 0 Å². The zero-order chi connectivity index (χ0) is 8.97. The van der Waals surface area contributed by atoms with Crippen LogP contribution in [0.2, 0.25) is 0 Å². The molecule has 0 unspecified atom stereocenters. The van der Waals surface area contributed by atoms with Crippen LogP contribution in [0.3, 0.4) is 0 Å². The number of carbonyl (C=O) groups is 1. The van der Waals surface area contributed by atoms with Crippen molar-refractivity contribution in [2.24, 2.45) is 5.92 Å². The second kappa shape index (κ2) is 4.14. The Hall–Kier alpha value is -0.990. The predicted octanol–water partition coefficient (Wildman–Crippen LogP) is 1.79. The lowest BCUT2D eigenvalue weighted by Gasteiger charge is -2.25. The van der Waals surface area contributed by atoms with E-state index in [0.717, 1.165) is 19.3 Å². The Bertz CT molecular complexity index is 177. The van der Waals surface area contributed by atoms with E-state index in [1.54, 1.807) is 0 Å². The first-order valence-corrected chi connectivity index (χ1v) is 4.23. The third kappa shape index (κ3) is 2.26. The summed E-state index contributed by atoms with van der Waals surface area (Å²) in [6, 6.07) is 0. The summed E-state index contributed by atoms with van der Waals surface area (Å²) >= 11 is 0. The summed E-state index contributed by atoms with van der Waals surface area (Å²) in [5.41, 5.74) is 0. The second-order valence-electron chi connectivity index (χ2n) is 3.13. The summed E-state index contributed by atoms with van der Waals surface area (Å²) < 4.78 is 5.16. The molecule has 0 aliphatic heterocycles. The molecule has 0 aromatic carbocycles. The third-order valence-corrected chi connectivity index (χ3v) is 2.26. The molecule has 0 saturated heterocycles.